The van der Waals surface area contributed by atoms with Gasteiger partial charge in [-0.25, -0.2) is 13.2 Å². The number of ether oxygens (including phenoxy) is 1. The monoisotopic (exact) mass is 496 g/mol. The van der Waals surface area contributed by atoms with Crippen molar-refractivity contribution in [1.82, 2.24) is 14.2 Å². The van der Waals surface area contributed by atoms with Gasteiger partial charge in [-0.1, -0.05) is 18.2 Å². The summed E-state index contributed by atoms with van der Waals surface area (Å²) in [5.74, 6) is -0.714. The molecular formula is C25H28N4O5S. The Balaban J connectivity index is 1.40. The molecule has 10 heteroatoms. The zero-order valence-corrected chi connectivity index (χ0v) is 20.8. The Kier molecular flexibility index (Phi) is 7.15. The number of benzene rings is 2. The fourth-order valence-corrected chi connectivity index (χ4v) is 5.70. The van der Waals surface area contributed by atoms with Crippen LogP contribution in [0.1, 0.15) is 21.5 Å². The van der Waals surface area contributed by atoms with E-state index in [0.717, 1.165) is 16.5 Å². The highest BCUT2D eigenvalue weighted by Gasteiger charge is 2.30. The van der Waals surface area contributed by atoms with Crippen LogP contribution in [0.25, 0.3) is 10.9 Å². The van der Waals surface area contributed by atoms with Gasteiger partial charge in [0.1, 0.15) is 4.90 Å². The first-order valence-electron chi connectivity index (χ1n) is 11.3. The normalized spacial score (nSPS) is 15.2. The summed E-state index contributed by atoms with van der Waals surface area (Å²) in [6.45, 7) is 5.26. The molecule has 0 radical (unpaired) electrons. The number of methoxy groups -OCH3 is 1. The first-order valence-corrected chi connectivity index (χ1v) is 12.7. The number of nitrogens with one attached hydrogen (secondary N) is 1. The molecule has 0 unspecified atom stereocenters. The number of hydrogen-bond donors (Lipinski definition) is 1. The molecule has 9 nitrogen and oxygen atoms in total. The van der Waals surface area contributed by atoms with Gasteiger partial charge < -0.3 is 10.1 Å². The van der Waals surface area contributed by atoms with Crippen LogP contribution in [-0.4, -0.2) is 74.3 Å². The highest BCUT2D eigenvalue weighted by Crippen LogP contribution is 2.25. The molecule has 0 spiro atoms. The smallest absolute Gasteiger partial charge is 0.337 e. The number of esters is 1. The van der Waals surface area contributed by atoms with Gasteiger partial charge in [0.25, 0.3) is 0 Å². The van der Waals surface area contributed by atoms with Crippen LogP contribution in [-0.2, 0) is 19.6 Å². The number of rotatable bonds is 6. The fraction of sp³-hybridized carbons (Fsp3) is 0.320. The van der Waals surface area contributed by atoms with Gasteiger partial charge >= 0.3 is 5.97 Å². The summed E-state index contributed by atoms with van der Waals surface area (Å²) >= 11 is 0. The maximum Gasteiger partial charge on any atom is 0.337 e. The van der Waals surface area contributed by atoms with Crippen molar-refractivity contribution in [2.45, 2.75) is 18.7 Å². The zero-order valence-electron chi connectivity index (χ0n) is 19.9. The summed E-state index contributed by atoms with van der Waals surface area (Å²) in [5.41, 5.74) is 3.14. The van der Waals surface area contributed by atoms with Crippen LogP contribution < -0.4 is 5.32 Å². The zero-order chi connectivity index (χ0) is 25.2. The summed E-state index contributed by atoms with van der Waals surface area (Å²) in [6, 6.07) is 12.1. The molecule has 2 aromatic carbocycles. The molecule has 2 heterocycles. The van der Waals surface area contributed by atoms with Gasteiger partial charge in [0.05, 0.1) is 24.7 Å². The summed E-state index contributed by atoms with van der Waals surface area (Å²) in [5, 5.41) is 3.63. The topological polar surface area (TPSA) is 109 Å². The van der Waals surface area contributed by atoms with Crippen molar-refractivity contribution in [3.8, 4) is 0 Å². The molecule has 35 heavy (non-hydrogen) atoms. The predicted octanol–water partition coefficient (Wildman–Crippen LogP) is 2.58. The Morgan fingerprint density at radius 1 is 1.06 bits per heavy atom. The van der Waals surface area contributed by atoms with E-state index in [1.807, 2.05) is 30.9 Å². The number of hydrogen-bond acceptors (Lipinski definition) is 7. The van der Waals surface area contributed by atoms with E-state index in [0.29, 0.717) is 29.9 Å². The van der Waals surface area contributed by atoms with Crippen molar-refractivity contribution < 1.29 is 22.7 Å². The lowest BCUT2D eigenvalue weighted by atomic mass is 10.1. The van der Waals surface area contributed by atoms with E-state index in [4.69, 9.17) is 4.74 Å². The van der Waals surface area contributed by atoms with E-state index in [2.05, 4.69) is 10.3 Å². The van der Waals surface area contributed by atoms with Gasteiger partial charge in [-0.3, -0.25) is 14.7 Å². The average Bonchev–Trinajstić information content (AvgIpc) is 2.84. The molecule has 1 aliphatic heterocycles. The van der Waals surface area contributed by atoms with Gasteiger partial charge in [0.15, 0.2) is 0 Å². The summed E-state index contributed by atoms with van der Waals surface area (Å²) in [7, 11) is -2.42. The largest absolute Gasteiger partial charge is 0.465 e. The molecule has 4 rings (SSSR count). The Hall–Kier alpha value is -3.34. The summed E-state index contributed by atoms with van der Waals surface area (Å²) < 4.78 is 32.9. The SMILES string of the molecule is COC(=O)c1ccc(C)c(NC(=O)CN2CCN(S(=O)(=O)c3cccc4cc(C)cnc34)CC2)c1. The summed E-state index contributed by atoms with van der Waals surface area (Å²) in [4.78, 5) is 30.9. The lowest BCUT2D eigenvalue weighted by Gasteiger charge is -2.33. The number of para-hydroxylation sites is 1. The molecule has 0 aliphatic carbocycles. The highest BCUT2D eigenvalue weighted by molar-refractivity contribution is 7.89. The standard InChI is InChI=1S/C25H28N4O5S/c1-17-13-19-5-4-6-22(24(19)26-15-17)35(32,33)29-11-9-28(10-12-29)16-23(30)27-21-14-20(25(31)34-3)8-7-18(21)2/h4-8,13-15H,9-12,16H2,1-3H3,(H,27,30). The molecule has 184 valence electrons. The fourth-order valence-electron chi connectivity index (χ4n) is 4.11. The Bertz CT molecular complexity index is 1380. The lowest BCUT2D eigenvalue weighted by molar-refractivity contribution is -0.117. The number of nitrogens with zero attached hydrogens (tertiary/aromatic N) is 3. The van der Waals surface area contributed by atoms with Crippen molar-refractivity contribution >= 4 is 38.5 Å². The Labute approximate surface area is 204 Å². The van der Waals surface area contributed by atoms with E-state index < -0.39 is 16.0 Å². The van der Waals surface area contributed by atoms with Gasteiger partial charge in [-0.05, 0) is 49.2 Å². The van der Waals surface area contributed by atoms with Crippen LogP contribution in [0.2, 0.25) is 0 Å². The van der Waals surface area contributed by atoms with Crippen molar-refractivity contribution in [2.75, 3.05) is 45.2 Å². The van der Waals surface area contributed by atoms with Gasteiger partial charge in [-0.15, -0.1) is 0 Å². The molecule has 1 saturated heterocycles. The minimum atomic E-state index is -3.72. The minimum Gasteiger partial charge on any atom is -0.465 e. The van der Waals surface area contributed by atoms with E-state index in [1.165, 1.54) is 11.4 Å². The number of amides is 1. The second kappa shape index (κ2) is 10.1. The number of carbonyl (C=O) groups excluding carboxylic acids is 2. The molecule has 1 aliphatic rings. The molecule has 0 bridgehead atoms. The van der Waals surface area contributed by atoms with Gasteiger partial charge in [0.2, 0.25) is 15.9 Å². The van der Waals surface area contributed by atoms with E-state index >= 15 is 0 Å². The van der Waals surface area contributed by atoms with Crippen molar-refractivity contribution in [3.05, 3.63) is 65.4 Å². The number of aryl methyl sites for hydroxylation is 2. The van der Waals surface area contributed by atoms with Crippen molar-refractivity contribution in [3.63, 3.8) is 0 Å². The van der Waals surface area contributed by atoms with E-state index in [9.17, 15) is 18.0 Å². The first kappa shape index (κ1) is 24.8. The van der Waals surface area contributed by atoms with Crippen LogP contribution in [0.15, 0.2) is 53.6 Å². The number of carbonyl (C=O) groups is 2. The van der Waals surface area contributed by atoms with Crippen LogP contribution >= 0.6 is 0 Å². The molecule has 1 aromatic heterocycles. The number of fused-ring (bicyclic) bond motifs is 1. The third-order valence-electron chi connectivity index (χ3n) is 6.06. The molecule has 3 aromatic rings. The summed E-state index contributed by atoms with van der Waals surface area (Å²) in [6.07, 6.45) is 1.67. The van der Waals surface area contributed by atoms with Gasteiger partial charge in [-0.2, -0.15) is 4.31 Å². The number of anilines is 1. The number of pyridine rings is 1. The third-order valence-corrected chi connectivity index (χ3v) is 7.99. The third kappa shape index (κ3) is 5.34. The van der Waals surface area contributed by atoms with Crippen molar-refractivity contribution in [2.24, 2.45) is 0 Å². The molecule has 1 fully saturated rings. The molecule has 1 N–H and O–H groups in total. The first-order chi connectivity index (χ1) is 16.7. The molecular weight excluding hydrogens is 468 g/mol. The quantitative estimate of drug-likeness (QED) is 0.523. The second-order valence-electron chi connectivity index (χ2n) is 8.59. The van der Waals surface area contributed by atoms with Gasteiger partial charge in [0, 0.05) is 43.4 Å². The Morgan fingerprint density at radius 2 is 1.80 bits per heavy atom. The number of aromatic nitrogens is 1. The van der Waals surface area contributed by atoms with Crippen LogP contribution in [0.4, 0.5) is 5.69 Å². The second-order valence-corrected chi connectivity index (χ2v) is 10.5. The van der Waals surface area contributed by atoms with Crippen LogP contribution in [0.5, 0.6) is 0 Å². The van der Waals surface area contributed by atoms with Crippen LogP contribution in [0, 0.1) is 13.8 Å². The number of sulfonamides is 1. The highest BCUT2D eigenvalue weighted by atomic mass is 32.2. The molecule has 0 saturated carbocycles. The molecule has 1 amide bonds. The molecule has 0 atom stereocenters. The maximum atomic E-state index is 13.4. The van der Waals surface area contributed by atoms with Crippen molar-refractivity contribution in [1.29, 1.82) is 0 Å². The average molecular weight is 497 g/mol. The van der Waals surface area contributed by atoms with E-state index in [1.54, 1.807) is 36.5 Å². The predicted molar refractivity (Wildman–Crippen MR) is 133 cm³/mol. The Morgan fingerprint density at radius 3 is 2.51 bits per heavy atom. The number of piperazine rings is 1. The minimum absolute atomic E-state index is 0.116. The van der Waals surface area contributed by atoms with Crippen LogP contribution in [0.3, 0.4) is 0 Å². The lowest BCUT2D eigenvalue weighted by Crippen LogP contribution is -2.50. The van der Waals surface area contributed by atoms with E-state index in [-0.39, 0.29) is 30.4 Å². The maximum absolute atomic E-state index is 13.4.